The van der Waals surface area contributed by atoms with Gasteiger partial charge in [-0.2, -0.15) is 0 Å². The van der Waals surface area contributed by atoms with Gasteiger partial charge in [0, 0.05) is 29.2 Å². The molecule has 0 radical (unpaired) electrons. The van der Waals surface area contributed by atoms with Gasteiger partial charge in [0.25, 0.3) is 5.91 Å². The Morgan fingerprint density at radius 1 is 1.17 bits per heavy atom. The SMILES string of the molecule is CSc1cccc(N2C[C@@H](C(=O)OCC(=O)Nc3c(C)cc(C)cc3C)CC2=O)c1. The summed E-state index contributed by atoms with van der Waals surface area (Å²) >= 11 is 1.59. The minimum Gasteiger partial charge on any atom is -0.455 e. The Balaban J connectivity index is 1.56. The summed E-state index contributed by atoms with van der Waals surface area (Å²) in [6.45, 7) is 5.72. The van der Waals surface area contributed by atoms with Crippen LogP contribution in [0.3, 0.4) is 0 Å². The molecule has 7 heteroatoms. The van der Waals surface area contributed by atoms with Gasteiger partial charge in [-0.15, -0.1) is 11.8 Å². The lowest BCUT2D eigenvalue weighted by atomic mass is 10.1. The van der Waals surface area contributed by atoms with Crippen LogP contribution in [0.1, 0.15) is 23.1 Å². The summed E-state index contributed by atoms with van der Waals surface area (Å²) in [5.74, 6) is -1.62. The number of carbonyl (C=O) groups excluding carboxylic acids is 3. The normalized spacial score (nSPS) is 15.9. The van der Waals surface area contributed by atoms with E-state index in [1.807, 2.05) is 63.4 Å². The topological polar surface area (TPSA) is 75.7 Å². The van der Waals surface area contributed by atoms with Crippen LogP contribution in [0.4, 0.5) is 11.4 Å². The van der Waals surface area contributed by atoms with Gasteiger partial charge >= 0.3 is 5.97 Å². The maximum absolute atomic E-state index is 12.4. The molecule has 1 aliphatic heterocycles. The average Bonchev–Trinajstić information content (AvgIpc) is 3.10. The number of hydrogen-bond donors (Lipinski definition) is 1. The molecule has 2 aromatic carbocycles. The molecule has 1 aliphatic rings. The lowest BCUT2D eigenvalue weighted by Gasteiger charge is -2.17. The van der Waals surface area contributed by atoms with Crippen LogP contribution in [-0.2, 0) is 19.1 Å². The van der Waals surface area contributed by atoms with Gasteiger partial charge in [-0.25, -0.2) is 0 Å². The summed E-state index contributed by atoms with van der Waals surface area (Å²) in [6.07, 6.45) is 2.05. The summed E-state index contributed by atoms with van der Waals surface area (Å²) in [7, 11) is 0. The van der Waals surface area contributed by atoms with Crippen molar-refractivity contribution in [3.05, 3.63) is 53.1 Å². The number of hydrogen-bond acceptors (Lipinski definition) is 5. The largest absolute Gasteiger partial charge is 0.455 e. The smallest absolute Gasteiger partial charge is 0.311 e. The number of benzene rings is 2. The molecule has 6 nitrogen and oxygen atoms in total. The monoisotopic (exact) mass is 426 g/mol. The molecule has 0 aromatic heterocycles. The van der Waals surface area contributed by atoms with Gasteiger partial charge in [0.15, 0.2) is 6.61 Å². The number of thioether (sulfide) groups is 1. The summed E-state index contributed by atoms with van der Waals surface area (Å²) < 4.78 is 5.21. The van der Waals surface area contributed by atoms with Crippen LogP contribution in [0, 0.1) is 26.7 Å². The second-order valence-electron chi connectivity index (χ2n) is 7.54. The summed E-state index contributed by atoms with van der Waals surface area (Å²) in [5.41, 5.74) is 4.53. The van der Waals surface area contributed by atoms with Crippen LogP contribution in [0.2, 0.25) is 0 Å². The molecule has 1 atom stereocenters. The van der Waals surface area contributed by atoms with E-state index in [-0.39, 0.29) is 25.5 Å². The predicted molar refractivity (Wildman–Crippen MR) is 119 cm³/mol. The minimum atomic E-state index is -0.578. The van der Waals surface area contributed by atoms with Crippen LogP contribution >= 0.6 is 11.8 Å². The zero-order chi connectivity index (χ0) is 21.8. The van der Waals surface area contributed by atoms with E-state index < -0.39 is 17.8 Å². The van der Waals surface area contributed by atoms with Gasteiger partial charge < -0.3 is 15.0 Å². The van der Waals surface area contributed by atoms with E-state index in [1.54, 1.807) is 16.7 Å². The molecule has 3 rings (SSSR count). The molecular formula is C23H26N2O4S. The highest BCUT2D eigenvalue weighted by atomic mass is 32.2. The van der Waals surface area contributed by atoms with E-state index in [0.29, 0.717) is 0 Å². The molecule has 1 saturated heterocycles. The molecule has 2 aromatic rings. The third-order valence-corrected chi connectivity index (χ3v) is 5.84. The van der Waals surface area contributed by atoms with Gasteiger partial charge in [-0.3, -0.25) is 14.4 Å². The molecule has 2 amide bonds. The quantitative estimate of drug-likeness (QED) is 0.561. The second kappa shape index (κ2) is 9.34. The zero-order valence-electron chi connectivity index (χ0n) is 17.7. The third-order valence-electron chi connectivity index (χ3n) is 5.11. The first-order valence-electron chi connectivity index (χ1n) is 9.77. The second-order valence-corrected chi connectivity index (χ2v) is 8.42. The van der Waals surface area contributed by atoms with Crippen molar-refractivity contribution in [2.75, 3.05) is 29.6 Å². The van der Waals surface area contributed by atoms with Gasteiger partial charge in [-0.05, 0) is 56.4 Å². The van der Waals surface area contributed by atoms with Crippen LogP contribution in [0.25, 0.3) is 0 Å². The molecular weight excluding hydrogens is 400 g/mol. The molecule has 158 valence electrons. The fraction of sp³-hybridized carbons (Fsp3) is 0.348. The highest BCUT2D eigenvalue weighted by molar-refractivity contribution is 7.98. The van der Waals surface area contributed by atoms with Crippen molar-refractivity contribution < 1.29 is 19.1 Å². The molecule has 1 heterocycles. The molecule has 0 saturated carbocycles. The van der Waals surface area contributed by atoms with E-state index in [0.717, 1.165) is 33.0 Å². The Labute approximate surface area is 181 Å². The van der Waals surface area contributed by atoms with Gasteiger partial charge in [-0.1, -0.05) is 23.8 Å². The fourth-order valence-corrected chi connectivity index (χ4v) is 4.15. The van der Waals surface area contributed by atoms with Crippen molar-refractivity contribution in [3.8, 4) is 0 Å². The Morgan fingerprint density at radius 2 is 1.87 bits per heavy atom. The number of esters is 1. The number of aryl methyl sites for hydroxylation is 3. The first kappa shape index (κ1) is 21.9. The van der Waals surface area contributed by atoms with Crippen molar-refractivity contribution >= 4 is 40.9 Å². The van der Waals surface area contributed by atoms with E-state index in [9.17, 15) is 14.4 Å². The number of carbonyl (C=O) groups is 3. The first-order valence-corrected chi connectivity index (χ1v) is 11.0. The Bertz CT molecular complexity index is 966. The van der Waals surface area contributed by atoms with Crippen molar-refractivity contribution in [2.45, 2.75) is 32.1 Å². The maximum atomic E-state index is 12.4. The van der Waals surface area contributed by atoms with Crippen molar-refractivity contribution in [2.24, 2.45) is 5.92 Å². The van der Waals surface area contributed by atoms with Crippen molar-refractivity contribution in [1.82, 2.24) is 0 Å². The lowest BCUT2D eigenvalue weighted by molar-refractivity contribution is -0.151. The minimum absolute atomic E-state index is 0.0835. The first-order chi connectivity index (χ1) is 14.3. The fourth-order valence-electron chi connectivity index (χ4n) is 3.70. The highest BCUT2D eigenvalue weighted by Crippen LogP contribution is 2.29. The standard InChI is InChI=1S/C23H26N2O4S/c1-14-8-15(2)22(16(3)9-14)24-20(26)13-29-23(28)17-10-21(27)25(12-17)18-6-5-7-19(11-18)30-4/h5-9,11,17H,10,12-13H2,1-4H3,(H,24,26)/t17-/m0/s1. The summed E-state index contributed by atoms with van der Waals surface area (Å²) in [6, 6.07) is 11.6. The van der Waals surface area contributed by atoms with E-state index in [1.165, 1.54) is 0 Å². The zero-order valence-corrected chi connectivity index (χ0v) is 18.5. The van der Waals surface area contributed by atoms with Crippen molar-refractivity contribution in [3.63, 3.8) is 0 Å². The molecule has 0 unspecified atom stereocenters. The van der Waals surface area contributed by atoms with Crippen LogP contribution in [0.5, 0.6) is 0 Å². The number of amides is 2. The molecule has 1 N–H and O–H groups in total. The van der Waals surface area contributed by atoms with Crippen molar-refractivity contribution in [1.29, 1.82) is 0 Å². The number of ether oxygens (including phenoxy) is 1. The van der Waals surface area contributed by atoms with E-state index >= 15 is 0 Å². The number of rotatable bonds is 6. The van der Waals surface area contributed by atoms with Gasteiger partial charge in [0.2, 0.25) is 5.91 Å². The van der Waals surface area contributed by atoms with E-state index in [2.05, 4.69) is 5.32 Å². The van der Waals surface area contributed by atoms with Gasteiger partial charge in [0.05, 0.1) is 5.92 Å². The molecule has 0 bridgehead atoms. The summed E-state index contributed by atoms with van der Waals surface area (Å²) in [4.78, 5) is 39.8. The molecule has 0 spiro atoms. The molecule has 1 fully saturated rings. The van der Waals surface area contributed by atoms with Gasteiger partial charge in [0.1, 0.15) is 0 Å². The number of nitrogens with one attached hydrogen (secondary N) is 1. The van der Waals surface area contributed by atoms with E-state index in [4.69, 9.17) is 4.74 Å². The Morgan fingerprint density at radius 3 is 2.53 bits per heavy atom. The van der Waals surface area contributed by atoms with Crippen LogP contribution in [-0.4, -0.2) is 37.2 Å². The number of nitrogens with zero attached hydrogens (tertiary/aromatic N) is 1. The summed E-state index contributed by atoms with van der Waals surface area (Å²) in [5, 5.41) is 2.81. The lowest BCUT2D eigenvalue weighted by Crippen LogP contribution is -2.28. The molecule has 0 aliphatic carbocycles. The number of anilines is 2. The third kappa shape index (κ3) is 5.02. The Kier molecular flexibility index (Phi) is 6.82. The highest BCUT2D eigenvalue weighted by Gasteiger charge is 2.36. The Hall–Kier alpha value is -2.80. The molecule has 30 heavy (non-hydrogen) atoms. The van der Waals surface area contributed by atoms with Crippen LogP contribution in [0.15, 0.2) is 41.3 Å². The predicted octanol–water partition coefficient (Wildman–Crippen LogP) is 3.87. The average molecular weight is 427 g/mol. The maximum Gasteiger partial charge on any atom is 0.311 e. The van der Waals surface area contributed by atoms with Crippen LogP contribution < -0.4 is 10.2 Å².